The molecule has 0 bridgehead atoms. The zero-order chi connectivity index (χ0) is 13.6. The molecule has 0 aromatic heterocycles. The summed E-state index contributed by atoms with van der Waals surface area (Å²) in [5.74, 6) is 0.119. The van der Waals surface area contributed by atoms with Gasteiger partial charge in [0.15, 0.2) is 0 Å². The van der Waals surface area contributed by atoms with Gasteiger partial charge in [0.1, 0.15) is 0 Å². The Kier molecular flexibility index (Phi) is 6.09. The molecule has 1 heterocycles. The number of carbonyl (C=O) groups excluding carboxylic acids is 1. The van der Waals surface area contributed by atoms with E-state index in [0.29, 0.717) is 5.41 Å². The Morgan fingerprint density at radius 2 is 2.00 bits per heavy atom. The monoisotopic (exact) mass is 255 g/mol. The molecule has 1 fully saturated rings. The molecular formula is C14H29N3O. The van der Waals surface area contributed by atoms with Crippen molar-refractivity contribution in [3.63, 3.8) is 0 Å². The van der Waals surface area contributed by atoms with E-state index < -0.39 is 0 Å². The molecule has 0 spiro atoms. The first-order valence-electron chi connectivity index (χ1n) is 7.16. The molecule has 4 heteroatoms. The highest BCUT2D eigenvalue weighted by atomic mass is 16.2. The number of nitrogens with one attached hydrogen (secondary N) is 2. The summed E-state index contributed by atoms with van der Waals surface area (Å²) in [5.41, 5.74) is 0.339. The maximum absolute atomic E-state index is 11.7. The number of carbonyl (C=O) groups is 1. The molecule has 1 unspecified atom stereocenters. The summed E-state index contributed by atoms with van der Waals surface area (Å²) in [7, 11) is 2.17. The first kappa shape index (κ1) is 15.4. The van der Waals surface area contributed by atoms with Crippen LogP contribution in [0.15, 0.2) is 0 Å². The second kappa shape index (κ2) is 7.10. The van der Waals surface area contributed by atoms with Crippen LogP contribution < -0.4 is 10.6 Å². The van der Waals surface area contributed by atoms with Crippen LogP contribution in [0.2, 0.25) is 0 Å². The van der Waals surface area contributed by atoms with E-state index in [-0.39, 0.29) is 11.9 Å². The number of hydrogen-bond acceptors (Lipinski definition) is 3. The Balaban J connectivity index is 2.28. The zero-order valence-corrected chi connectivity index (χ0v) is 12.4. The van der Waals surface area contributed by atoms with Gasteiger partial charge in [-0.1, -0.05) is 13.8 Å². The average molecular weight is 255 g/mol. The van der Waals surface area contributed by atoms with E-state index in [9.17, 15) is 4.79 Å². The third-order valence-electron chi connectivity index (χ3n) is 3.97. The van der Waals surface area contributed by atoms with Crippen LogP contribution in [0.1, 0.15) is 40.0 Å². The molecule has 1 saturated heterocycles. The van der Waals surface area contributed by atoms with E-state index in [0.717, 1.165) is 32.6 Å². The molecule has 0 radical (unpaired) electrons. The van der Waals surface area contributed by atoms with Crippen LogP contribution in [0.5, 0.6) is 0 Å². The van der Waals surface area contributed by atoms with Gasteiger partial charge in [-0.2, -0.15) is 0 Å². The number of amides is 1. The lowest BCUT2D eigenvalue weighted by Crippen LogP contribution is -2.48. The largest absolute Gasteiger partial charge is 0.355 e. The SMILES string of the molecule is CCCNC(=O)C(C)NCC1(C)CCN(C)CC1. The molecule has 0 aromatic carbocycles. The summed E-state index contributed by atoms with van der Waals surface area (Å²) in [6, 6.07) is -0.0898. The number of piperidine rings is 1. The molecule has 0 saturated carbocycles. The van der Waals surface area contributed by atoms with Gasteiger partial charge in [-0.15, -0.1) is 0 Å². The highest BCUT2D eigenvalue weighted by Crippen LogP contribution is 2.29. The summed E-state index contributed by atoms with van der Waals surface area (Å²) in [4.78, 5) is 14.1. The standard InChI is InChI=1S/C14H29N3O/c1-5-8-15-13(18)12(2)16-11-14(3)6-9-17(4)10-7-14/h12,16H,5-11H2,1-4H3,(H,15,18). The predicted octanol–water partition coefficient (Wildman–Crippen LogP) is 1.22. The van der Waals surface area contributed by atoms with E-state index in [4.69, 9.17) is 0 Å². The van der Waals surface area contributed by atoms with Crippen LogP contribution in [-0.2, 0) is 4.79 Å². The van der Waals surface area contributed by atoms with E-state index >= 15 is 0 Å². The van der Waals surface area contributed by atoms with E-state index in [1.807, 2.05) is 6.92 Å². The predicted molar refractivity (Wildman–Crippen MR) is 75.6 cm³/mol. The van der Waals surface area contributed by atoms with Crippen LogP contribution >= 0.6 is 0 Å². The maximum Gasteiger partial charge on any atom is 0.236 e. The summed E-state index contributed by atoms with van der Waals surface area (Å²) in [5, 5.41) is 6.32. The molecule has 1 aliphatic heterocycles. The number of nitrogens with zero attached hydrogens (tertiary/aromatic N) is 1. The highest BCUT2D eigenvalue weighted by molar-refractivity contribution is 5.81. The normalized spacial score (nSPS) is 21.6. The molecule has 0 aliphatic carbocycles. The van der Waals surface area contributed by atoms with Crippen molar-refractivity contribution in [1.29, 1.82) is 0 Å². The van der Waals surface area contributed by atoms with Crippen molar-refractivity contribution >= 4 is 5.91 Å². The lowest BCUT2D eigenvalue weighted by atomic mass is 9.80. The molecule has 4 nitrogen and oxygen atoms in total. The fourth-order valence-corrected chi connectivity index (χ4v) is 2.23. The fraction of sp³-hybridized carbons (Fsp3) is 0.929. The maximum atomic E-state index is 11.7. The second-order valence-corrected chi connectivity index (χ2v) is 6.01. The summed E-state index contributed by atoms with van der Waals surface area (Å²) < 4.78 is 0. The Bertz CT molecular complexity index is 260. The summed E-state index contributed by atoms with van der Waals surface area (Å²) in [6.07, 6.45) is 3.40. The van der Waals surface area contributed by atoms with Crippen molar-refractivity contribution in [3.8, 4) is 0 Å². The topological polar surface area (TPSA) is 44.4 Å². The molecule has 2 N–H and O–H groups in total. The lowest BCUT2D eigenvalue weighted by molar-refractivity contribution is -0.122. The second-order valence-electron chi connectivity index (χ2n) is 6.01. The van der Waals surface area contributed by atoms with Gasteiger partial charge in [0.25, 0.3) is 0 Å². The van der Waals surface area contributed by atoms with Crippen LogP contribution in [0, 0.1) is 5.41 Å². The third kappa shape index (κ3) is 4.94. The van der Waals surface area contributed by atoms with Crippen molar-refractivity contribution in [2.45, 2.75) is 46.1 Å². The molecule has 1 rings (SSSR count). The quantitative estimate of drug-likeness (QED) is 0.750. The van der Waals surface area contributed by atoms with E-state index in [1.165, 1.54) is 12.8 Å². The minimum atomic E-state index is -0.0898. The van der Waals surface area contributed by atoms with E-state index in [2.05, 4.69) is 36.4 Å². The number of likely N-dealkylation sites (tertiary alicyclic amines) is 1. The molecule has 1 aliphatic rings. The number of hydrogen-bond donors (Lipinski definition) is 2. The molecular weight excluding hydrogens is 226 g/mol. The van der Waals surface area contributed by atoms with Gasteiger partial charge in [-0.3, -0.25) is 4.79 Å². The Labute approximate surface area is 111 Å². The number of rotatable bonds is 6. The van der Waals surface area contributed by atoms with Crippen LogP contribution in [0.4, 0.5) is 0 Å². The van der Waals surface area contributed by atoms with Crippen molar-refractivity contribution in [3.05, 3.63) is 0 Å². The van der Waals surface area contributed by atoms with Crippen LogP contribution in [-0.4, -0.2) is 50.1 Å². The van der Waals surface area contributed by atoms with Crippen molar-refractivity contribution < 1.29 is 4.79 Å². The molecule has 106 valence electrons. The molecule has 0 aromatic rings. The Morgan fingerprint density at radius 3 is 2.56 bits per heavy atom. The van der Waals surface area contributed by atoms with Gasteiger partial charge in [-0.05, 0) is 51.7 Å². The van der Waals surface area contributed by atoms with Gasteiger partial charge in [0, 0.05) is 13.1 Å². The smallest absolute Gasteiger partial charge is 0.236 e. The van der Waals surface area contributed by atoms with Gasteiger partial charge in [-0.25, -0.2) is 0 Å². The molecule has 1 atom stereocenters. The van der Waals surface area contributed by atoms with Crippen molar-refractivity contribution in [1.82, 2.24) is 15.5 Å². The summed E-state index contributed by atoms with van der Waals surface area (Å²) >= 11 is 0. The minimum Gasteiger partial charge on any atom is -0.355 e. The van der Waals surface area contributed by atoms with Gasteiger partial charge < -0.3 is 15.5 Å². The Hall–Kier alpha value is -0.610. The fourth-order valence-electron chi connectivity index (χ4n) is 2.23. The molecule has 1 amide bonds. The van der Waals surface area contributed by atoms with E-state index in [1.54, 1.807) is 0 Å². The van der Waals surface area contributed by atoms with Crippen LogP contribution in [0.25, 0.3) is 0 Å². The highest BCUT2D eigenvalue weighted by Gasteiger charge is 2.29. The average Bonchev–Trinajstić information content (AvgIpc) is 2.37. The van der Waals surface area contributed by atoms with Crippen LogP contribution in [0.3, 0.4) is 0 Å². The lowest BCUT2D eigenvalue weighted by Gasteiger charge is -2.38. The minimum absolute atomic E-state index is 0.0898. The van der Waals surface area contributed by atoms with Gasteiger partial charge >= 0.3 is 0 Å². The zero-order valence-electron chi connectivity index (χ0n) is 12.4. The van der Waals surface area contributed by atoms with Crippen molar-refractivity contribution in [2.75, 3.05) is 33.2 Å². The first-order chi connectivity index (χ1) is 8.47. The first-order valence-corrected chi connectivity index (χ1v) is 7.16. The van der Waals surface area contributed by atoms with Gasteiger partial charge in [0.05, 0.1) is 6.04 Å². The summed E-state index contributed by atoms with van der Waals surface area (Å²) in [6.45, 7) is 10.4. The van der Waals surface area contributed by atoms with Crippen molar-refractivity contribution in [2.24, 2.45) is 5.41 Å². The Morgan fingerprint density at radius 1 is 1.39 bits per heavy atom. The third-order valence-corrected chi connectivity index (χ3v) is 3.97. The van der Waals surface area contributed by atoms with Gasteiger partial charge in [0.2, 0.25) is 5.91 Å². The molecule has 18 heavy (non-hydrogen) atoms.